The lowest BCUT2D eigenvalue weighted by Gasteiger charge is -2.24. The summed E-state index contributed by atoms with van der Waals surface area (Å²) in [5, 5.41) is 2.29. The Kier molecular flexibility index (Phi) is 4.47. The van der Waals surface area contributed by atoms with Gasteiger partial charge in [-0.05, 0) is 60.7 Å². The van der Waals surface area contributed by atoms with E-state index in [0.717, 1.165) is 38.6 Å². The van der Waals surface area contributed by atoms with Crippen LogP contribution in [0.4, 0.5) is 0 Å². The summed E-state index contributed by atoms with van der Waals surface area (Å²) in [5.41, 5.74) is 7.70. The highest BCUT2D eigenvalue weighted by Gasteiger charge is 2.28. The number of rotatable bonds is 2. The van der Waals surface area contributed by atoms with Crippen molar-refractivity contribution in [1.82, 2.24) is 8.71 Å². The van der Waals surface area contributed by atoms with E-state index in [4.69, 9.17) is 0 Å². The van der Waals surface area contributed by atoms with Gasteiger partial charge in [0.15, 0.2) is 0 Å². The molecule has 0 unspecified atom stereocenters. The Bertz CT molecular complexity index is 1690. The number of benzene rings is 3. The van der Waals surface area contributed by atoms with E-state index in [1.165, 1.54) is 10.9 Å². The lowest BCUT2D eigenvalue weighted by atomic mass is 9.99. The molecule has 164 valence electrons. The highest BCUT2D eigenvalue weighted by Crippen LogP contribution is 2.39. The molecule has 0 amide bonds. The third-order valence-electron chi connectivity index (χ3n) is 6.69. The molecule has 1 aliphatic rings. The average molecular weight is 453 g/mol. The molecular formula is C28H24N2O2S. The van der Waals surface area contributed by atoms with Crippen LogP contribution in [0.1, 0.15) is 23.6 Å². The third kappa shape index (κ3) is 3.04. The zero-order valence-corrected chi connectivity index (χ0v) is 19.4. The van der Waals surface area contributed by atoms with Crippen LogP contribution in [0.15, 0.2) is 89.8 Å². The minimum Gasteiger partial charge on any atom is -0.308 e. The Labute approximate surface area is 193 Å². The van der Waals surface area contributed by atoms with Crippen molar-refractivity contribution in [3.63, 3.8) is 0 Å². The van der Waals surface area contributed by atoms with E-state index in [-0.39, 0.29) is 0 Å². The van der Waals surface area contributed by atoms with Gasteiger partial charge < -0.3 is 4.40 Å². The Balaban J connectivity index is 1.66. The number of hydrogen-bond acceptors (Lipinski definition) is 2. The molecule has 0 aliphatic carbocycles. The van der Waals surface area contributed by atoms with E-state index < -0.39 is 10.0 Å². The molecule has 0 radical (unpaired) electrons. The van der Waals surface area contributed by atoms with Crippen molar-refractivity contribution in [3.05, 3.63) is 102 Å². The van der Waals surface area contributed by atoms with Gasteiger partial charge in [0.1, 0.15) is 0 Å². The van der Waals surface area contributed by atoms with Crippen molar-refractivity contribution < 1.29 is 8.42 Å². The molecule has 6 rings (SSSR count). The summed E-state index contributed by atoms with van der Waals surface area (Å²) in [7, 11) is -3.64. The maximum atomic E-state index is 13.6. The van der Waals surface area contributed by atoms with Gasteiger partial charge in [-0.2, -0.15) is 4.31 Å². The lowest BCUT2D eigenvalue weighted by molar-refractivity contribution is 0.439. The SMILES string of the molecule is C/C1=C/CN(S(=O)(=O)c2ccc(C)cc2)Cc2cc3ccccc3n3c2c1c1ccccc13. The van der Waals surface area contributed by atoms with Crippen molar-refractivity contribution in [2.75, 3.05) is 6.54 Å². The number of aromatic nitrogens is 1. The fourth-order valence-corrected chi connectivity index (χ4v) is 6.38. The summed E-state index contributed by atoms with van der Waals surface area (Å²) in [6.45, 7) is 4.70. The molecule has 0 saturated carbocycles. The maximum absolute atomic E-state index is 13.6. The molecule has 33 heavy (non-hydrogen) atoms. The average Bonchev–Trinajstić information content (AvgIpc) is 3.16. The second-order valence-corrected chi connectivity index (χ2v) is 10.7. The summed E-state index contributed by atoms with van der Waals surface area (Å²) < 4.78 is 31.1. The van der Waals surface area contributed by atoms with E-state index in [0.29, 0.717) is 18.0 Å². The van der Waals surface area contributed by atoms with Crippen LogP contribution in [0.3, 0.4) is 0 Å². The Morgan fingerprint density at radius 1 is 0.818 bits per heavy atom. The molecule has 4 nitrogen and oxygen atoms in total. The first-order chi connectivity index (χ1) is 15.9. The summed E-state index contributed by atoms with van der Waals surface area (Å²) in [6.07, 6.45) is 2.05. The second kappa shape index (κ2) is 7.30. The lowest BCUT2D eigenvalue weighted by Crippen LogP contribution is -2.31. The number of aryl methyl sites for hydroxylation is 1. The maximum Gasteiger partial charge on any atom is 0.243 e. The molecule has 3 aromatic carbocycles. The Hall–Kier alpha value is -3.41. The zero-order valence-electron chi connectivity index (χ0n) is 18.6. The van der Waals surface area contributed by atoms with Crippen LogP contribution in [0, 0.1) is 6.92 Å². The van der Waals surface area contributed by atoms with Gasteiger partial charge in [0.2, 0.25) is 10.0 Å². The molecule has 0 atom stereocenters. The van der Waals surface area contributed by atoms with Gasteiger partial charge in [0.05, 0.1) is 21.4 Å². The molecule has 0 spiro atoms. The van der Waals surface area contributed by atoms with Crippen molar-refractivity contribution in [3.8, 4) is 0 Å². The number of pyridine rings is 1. The highest BCUT2D eigenvalue weighted by atomic mass is 32.2. The fourth-order valence-electron chi connectivity index (χ4n) is 5.02. The monoisotopic (exact) mass is 452 g/mol. The molecule has 2 aromatic heterocycles. The summed E-state index contributed by atoms with van der Waals surface area (Å²) >= 11 is 0. The normalized spacial score (nSPS) is 16.6. The van der Waals surface area contributed by atoms with E-state index in [2.05, 4.69) is 59.9 Å². The first kappa shape index (κ1) is 20.2. The zero-order chi connectivity index (χ0) is 22.7. The highest BCUT2D eigenvalue weighted by molar-refractivity contribution is 7.89. The molecule has 5 aromatic rings. The van der Waals surface area contributed by atoms with Crippen molar-refractivity contribution in [1.29, 1.82) is 0 Å². The minimum absolute atomic E-state index is 0.317. The van der Waals surface area contributed by atoms with E-state index in [1.807, 2.05) is 31.2 Å². The fraction of sp³-hybridized carbons (Fsp3) is 0.143. The number of hydrogen-bond donors (Lipinski definition) is 0. The van der Waals surface area contributed by atoms with Gasteiger partial charge in [-0.25, -0.2) is 8.42 Å². The molecular weight excluding hydrogens is 428 g/mol. The van der Waals surface area contributed by atoms with Gasteiger partial charge in [-0.3, -0.25) is 0 Å². The Morgan fingerprint density at radius 2 is 1.52 bits per heavy atom. The van der Waals surface area contributed by atoms with E-state index in [1.54, 1.807) is 16.4 Å². The van der Waals surface area contributed by atoms with Gasteiger partial charge in [0.25, 0.3) is 0 Å². The van der Waals surface area contributed by atoms with Crippen molar-refractivity contribution in [2.24, 2.45) is 0 Å². The molecule has 5 heteroatoms. The third-order valence-corrected chi connectivity index (χ3v) is 8.51. The first-order valence-electron chi connectivity index (χ1n) is 11.1. The smallest absolute Gasteiger partial charge is 0.243 e. The summed E-state index contributed by atoms with van der Waals surface area (Å²) in [4.78, 5) is 0.331. The van der Waals surface area contributed by atoms with Crippen LogP contribution in [0.5, 0.6) is 0 Å². The largest absolute Gasteiger partial charge is 0.308 e. The number of sulfonamides is 1. The van der Waals surface area contributed by atoms with E-state index in [9.17, 15) is 8.42 Å². The van der Waals surface area contributed by atoms with Crippen LogP contribution in [-0.2, 0) is 16.6 Å². The van der Waals surface area contributed by atoms with Gasteiger partial charge in [-0.15, -0.1) is 0 Å². The predicted octanol–water partition coefficient (Wildman–Crippen LogP) is 6.16. The molecule has 0 saturated heterocycles. The summed E-state index contributed by atoms with van der Waals surface area (Å²) in [6, 6.07) is 26.0. The van der Waals surface area contributed by atoms with Crippen LogP contribution in [0.25, 0.3) is 32.9 Å². The topological polar surface area (TPSA) is 41.8 Å². The molecule has 0 fully saturated rings. The number of fused-ring (bicyclic) bond motifs is 5. The van der Waals surface area contributed by atoms with Crippen LogP contribution in [-0.4, -0.2) is 23.7 Å². The quantitative estimate of drug-likeness (QED) is 0.322. The number of nitrogens with zero attached hydrogens (tertiary/aromatic N) is 2. The molecule has 1 aliphatic heterocycles. The Morgan fingerprint density at radius 3 is 2.30 bits per heavy atom. The van der Waals surface area contributed by atoms with Crippen molar-refractivity contribution in [2.45, 2.75) is 25.3 Å². The minimum atomic E-state index is -3.64. The first-order valence-corrected chi connectivity index (χ1v) is 12.6. The van der Waals surface area contributed by atoms with Crippen LogP contribution in [0.2, 0.25) is 0 Å². The summed E-state index contributed by atoms with van der Waals surface area (Å²) in [5.74, 6) is 0. The predicted molar refractivity (Wildman–Crippen MR) is 135 cm³/mol. The van der Waals surface area contributed by atoms with Gasteiger partial charge >= 0.3 is 0 Å². The standard InChI is InChI=1S/C28H24N2O2S/c1-19-11-13-23(14-12-19)33(31,32)29-16-15-20(2)27-24-8-4-6-10-26(24)30-25-9-5-3-7-21(25)17-22(18-29)28(27)30/h3-15,17H,16,18H2,1-2H3/b20-15-. The second-order valence-electron chi connectivity index (χ2n) is 8.80. The number of allylic oxidation sites excluding steroid dienone is 1. The molecule has 3 heterocycles. The van der Waals surface area contributed by atoms with Crippen LogP contribution >= 0.6 is 0 Å². The number of para-hydroxylation sites is 2. The van der Waals surface area contributed by atoms with Gasteiger partial charge in [0, 0.05) is 24.0 Å². The van der Waals surface area contributed by atoms with Crippen LogP contribution < -0.4 is 0 Å². The molecule has 0 bridgehead atoms. The molecule has 0 N–H and O–H groups in total. The van der Waals surface area contributed by atoms with E-state index >= 15 is 0 Å². The van der Waals surface area contributed by atoms with Gasteiger partial charge in [-0.1, -0.05) is 60.2 Å². The van der Waals surface area contributed by atoms with Crippen molar-refractivity contribution >= 4 is 42.9 Å².